The summed E-state index contributed by atoms with van der Waals surface area (Å²) in [5.41, 5.74) is 4.28. The number of rotatable bonds is 5. The summed E-state index contributed by atoms with van der Waals surface area (Å²) in [7, 11) is 3.80. The van der Waals surface area contributed by atoms with Gasteiger partial charge in [0, 0.05) is 12.0 Å². The van der Waals surface area contributed by atoms with Gasteiger partial charge >= 0.3 is 0 Å². The quantitative estimate of drug-likeness (QED) is 0.898. The largest absolute Gasteiger partial charge is 0.496 e. The molecule has 2 aromatic carbocycles. The van der Waals surface area contributed by atoms with Crippen LogP contribution in [-0.2, 0) is 12.8 Å². The number of nitrogens with one attached hydrogen (secondary N) is 1. The molecule has 1 aliphatic carbocycles. The number of likely N-dealkylation sites (N-methyl/N-ethyl adjacent to an activating group) is 1. The maximum Gasteiger partial charge on any atom is 0.122 e. The van der Waals surface area contributed by atoms with Crippen LogP contribution in [-0.4, -0.2) is 20.2 Å². The lowest BCUT2D eigenvalue weighted by Gasteiger charge is -2.36. The number of hydrogen-bond donors (Lipinski definition) is 1. The lowest BCUT2D eigenvalue weighted by Crippen LogP contribution is -2.39. The highest BCUT2D eigenvalue weighted by atomic mass is 16.5. The third kappa shape index (κ3) is 2.32. The summed E-state index contributed by atoms with van der Waals surface area (Å²) in [6.07, 6.45) is 2.18. The van der Waals surface area contributed by atoms with Crippen LogP contribution in [0, 0.1) is 0 Å². The molecule has 20 heavy (non-hydrogen) atoms. The van der Waals surface area contributed by atoms with E-state index in [4.69, 9.17) is 4.74 Å². The van der Waals surface area contributed by atoms with E-state index in [-0.39, 0.29) is 0 Å². The second-order valence-electron chi connectivity index (χ2n) is 5.42. The van der Waals surface area contributed by atoms with E-state index in [0.717, 1.165) is 12.2 Å². The molecule has 0 saturated carbocycles. The second-order valence-corrected chi connectivity index (χ2v) is 5.42. The van der Waals surface area contributed by atoms with E-state index in [1.807, 2.05) is 12.1 Å². The van der Waals surface area contributed by atoms with Crippen molar-refractivity contribution >= 4 is 0 Å². The molecule has 2 aromatic rings. The van der Waals surface area contributed by atoms with Gasteiger partial charge in [-0.2, -0.15) is 0 Å². The van der Waals surface area contributed by atoms with Crippen LogP contribution in [0.4, 0.5) is 0 Å². The topological polar surface area (TPSA) is 21.3 Å². The second kappa shape index (κ2) is 5.68. The molecule has 0 spiro atoms. The monoisotopic (exact) mass is 267 g/mol. The van der Waals surface area contributed by atoms with Crippen LogP contribution in [0.1, 0.15) is 22.6 Å². The number of para-hydroxylation sites is 1. The molecule has 0 amide bonds. The molecule has 0 aliphatic heterocycles. The number of fused-ring (bicyclic) bond motifs is 1. The maximum absolute atomic E-state index is 5.46. The third-order valence-corrected chi connectivity index (χ3v) is 4.38. The van der Waals surface area contributed by atoms with Gasteiger partial charge in [-0.1, -0.05) is 42.5 Å². The highest BCUT2D eigenvalue weighted by molar-refractivity contribution is 5.42. The summed E-state index contributed by atoms with van der Waals surface area (Å²) >= 11 is 0. The predicted octanol–water partition coefficient (Wildman–Crippen LogP) is 3.17. The van der Waals surface area contributed by atoms with Gasteiger partial charge < -0.3 is 10.1 Å². The van der Waals surface area contributed by atoms with Crippen LogP contribution in [0.2, 0.25) is 0 Å². The normalized spacial score (nSPS) is 18.0. The van der Waals surface area contributed by atoms with E-state index in [2.05, 4.69) is 48.8 Å². The van der Waals surface area contributed by atoms with E-state index in [9.17, 15) is 0 Å². The van der Waals surface area contributed by atoms with Crippen molar-refractivity contribution in [2.45, 2.75) is 24.8 Å². The first kappa shape index (κ1) is 13.2. The van der Waals surface area contributed by atoms with Gasteiger partial charge in [0.25, 0.3) is 0 Å². The molecule has 0 aromatic heterocycles. The average molecular weight is 267 g/mol. The Morgan fingerprint density at radius 2 is 1.90 bits per heavy atom. The molecule has 3 rings (SSSR count). The van der Waals surface area contributed by atoms with E-state index >= 15 is 0 Å². The molecule has 2 atom stereocenters. The van der Waals surface area contributed by atoms with Crippen LogP contribution in [0.15, 0.2) is 48.5 Å². The molecule has 2 unspecified atom stereocenters. The predicted molar refractivity (Wildman–Crippen MR) is 82.4 cm³/mol. The number of methoxy groups -OCH3 is 1. The van der Waals surface area contributed by atoms with Gasteiger partial charge in [0.1, 0.15) is 5.75 Å². The van der Waals surface area contributed by atoms with Crippen LogP contribution in [0.5, 0.6) is 5.75 Å². The molecule has 0 fully saturated rings. The first-order chi connectivity index (χ1) is 9.83. The molecule has 0 heterocycles. The van der Waals surface area contributed by atoms with Crippen molar-refractivity contribution in [3.8, 4) is 5.75 Å². The fourth-order valence-corrected chi connectivity index (χ4v) is 3.21. The molecular weight excluding hydrogens is 246 g/mol. The van der Waals surface area contributed by atoms with Gasteiger partial charge in [-0.25, -0.2) is 0 Å². The van der Waals surface area contributed by atoms with Crippen LogP contribution in [0.3, 0.4) is 0 Å². The molecule has 2 nitrogen and oxygen atoms in total. The lowest BCUT2D eigenvalue weighted by molar-refractivity contribution is 0.391. The Morgan fingerprint density at radius 3 is 2.65 bits per heavy atom. The highest BCUT2D eigenvalue weighted by Crippen LogP contribution is 2.38. The third-order valence-electron chi connectivity index (χ3n) is 4.38. The minimum absolute atomic E-state index is 0.459. The van der Waals surface area contributed by atoms with Gasteiger partial charge in [-0.3, -0.25) is 0 Å². The maximum atomic E-state index is 5.46. The zero-order valence-electron chi connectivity index (χ0n) is 12.1. The summed E-state index contributed by atoms with van der Waals surface area (Å²) in [6, 6.07) is 17.5. The Bertz CT molecular complexity index is 593. The van der Waals surface area contributed by atoms with Crippen molar-refractivity contribution in [3.05, 3.63) is 65.2 Å². The van der Waals surface area contributed by atoms with Gasteiger partial charge in [-0.15, -0.1) is 0 Å². The Kier molecular flexibility index (Phi) is 3.75. The first-order valence-electron chi connectivity index (χ1n) is 7.20. The standard InChI is InChI=1S/C18H21NO/c1-19-17(12-14-8-4-6-10-18(14)20-2)16-11-13-7-3-5-9-15(13)16/h3-10,16-17,19H,11-12H2,1-2H3. The van der Waals surface area contributed by atoms with Gasteiger partial charge in [0.05, 0.1) is 7.11 Å². The Labute approximate surface area is 120 Å². The molecular formula is C18H21NO. The Balaban J connectivity index is 1.79. The summed E-state index contributed by atoms with van der Waals surface area (Å²) in [6.45, 7) is 0. The molecule has 0 bridgehead atoms. The van der Waals surface area contributed by atoms with Crippen LogP contribution in [0.25, 0.3) is 0 Å². The summed E-state index contributed by atoms with van der Waals surface area (Å²) in [4.78, 5) is 0. The van der Waals surface area contributed by atoms with Gasteiger partial charge in [0.2, 0.25) is 0 Å². The lowest BCUT2D eigenvalue weighted by atomic mass is 9.72. The number of hydrogen-bond acceptors (Lipinski definition) is 2. The van der Waals surface area contributed by atoms with E-state index in [1.165, 1.54) is 23.1 Å². The Morgan fingerprint density at radius 1 is 1.15 bits per heavy atom. The van der Waals surface area contributed by atoms with Gasteiger partial charge in [-0.05, 0) is 42.6 Å². The Hall–Kier alpha value is -1.80. The zero-order valence-corrected chi connectivity index (χ0v) is 12.1. The fourth-order valence-electron chi connectivity index (χ4n) is 3.21. The molecule has 2 heteroatoms. The van der Waals surface area contributed by atoms with Crippen molar-refractivity contribution in [1.29, 1.82) is 0 Å². The minimum Gasteiger partial charge on any atom is -0.496 e. The van der Waals surface area contributed by atoms with E-state index in [0.29, 0.717) is 12.0 Å². The van der Waals surface area contributed by atoms with Gasteiger partial charge in [0.15, 0.2) is 0 Å². The van der Waals surface area contributed by atoms with Crippen molar-refractivity contribution in [2.24, 2.45) is 0 Å². The van der Waals surface area contributed by atoms with Crippen molar-refractivity contribution in [2.75, 3.05) is 14.2 Å². The van der Waals surface area contributed by atoms with E-state index < -0.39 is 0 Å². The zero-order chi connectivity index (χ0) is 13.9. The first-order valence-corrected chi connectivity index (χ1v) is 7.20. The van der Waals surface area contributed by atoms with Crippen LogP contribution >= 0.6 is 0 Å². The minimum atomic E-state index is 0.459. The SMILES string of the molecule is CNC(Cc1ccccc1OC)C1Cc2ccccc21. The van der Waals surface area contributed by atoms with Crippen molar-refractivity contribution in [3.63, 3.8) is 0 Å². The smallest absolute Gasteiger partial charge is 0.122 e. The molecule has 0 radical (unpaired) electrons. The highest BCUT2D eigenvalue weighted by Gasteiger charge is 2.32. The molecule has 0 saturated heterocycles. The van der Waals surface area contributed by atoms with Crippen LogP contribution < -0.4 is 10.1 Å². The van der Waals surface area contributed by atoms with E-state index in [1.54, 1.807) is 7.11 Å². The number of ether oxygens (including phenoxy) is 1. The summed E-state index contributed by atoms with van der Waals surface area (Å²) in [5.74, 6) is 1.60. The average Bonchev–Trinajstić information content (AvgIpc) is 2.48. The molecule has 1 aliphatic rings. The van der Waals surface area contributed by atoms with Crippen molar-refractivity contribution in [1.82, 2.24) is 5.32 Å². The molecule has 104 valence electrons. The fraction of sp³-hybridized carbons (Fsp3) is 0.333. The number of benzene rings is 2. The molecule has 1 N–H and O–H groups in total. The summed E-state index contributed by atoms with van der Waals surface area (Å²) < 4.78 is 5.46. The van der Waals surface area contributed by atoms with Crippen molar-refractivity contribution < 1.29 is 4.74 Å². The summed E-state index contributed by atoms with van der Waals surface area (Å²) in [5, 5.41) is 3.49.